The van der Waals surface area contributed by atoms with Gasteiger partial charge in [-0.15, -0.1) is 5.10 Å². The molecule has 0 aliphatic carbocycles. The molecule has 0 aliphatic rings. The highest BCUT2D eigenvalue weighted by Crippen LogP contribution is 1.84. The highest BCUT2D eigenvalue weighted by atomic mass is 16.5. The van der Waals surface area contributed by atoms with Gasteiger partial charge in [0.2, 0.25) is 5.90 Å². The second-order valence-electron chi connectivity index (χ2n) is 1.29. The Morgan fingerprint density at radius 1 is 1.89 bits per heavy atom. The van der Waals surface area contributed by atoms with Crippen molar-refractivity contribution in [2.24, 2.45) is 10.9 Å². The van der Waals surface area contributed by atoms with Crippen LogP contribution in [0.2, 0.25) is 0 Å². The summed E-state index contributed by atoms with van der Waals surface area (Å²) in [5.74, 6) is 5.15. The number of hydrogen-bond donors (Lipinski definition) is 1. The average molecular weight is 127 g/mol. The van der Waals surface area contributed by atoms with Gasteiger partial charge in [-0.3, -0.25) is 0 Å². The molecule has 0 aromatic heterocycles. The van der Waals surface area contributed by atoms with Crippen LogP contribution in [0.25, 0.3) is 0 Å². The van der Waals surface area contributed by atoms with Gasteiger partial charge in [-0.1, -0.05) is 0 Å². The van der Waals surface area contributed by atoms with Crippen molar-refractivity contribution in [2.75, 3.05) is 6.61 Å². The third kappa shape index (κ3) is 3.35. The quantitative estimate of drug-likeness (QED) is 0.249. The van der Waals surface area contributed by atoms with Crippen molar-refractivity contribution >= 4 is 5.90 Å². The summed E-state index contributed by atoms with van der Waals surface area (Å²) in [5.41, 5.74) is 0. The van der Waals surface area contributed by atoms with Crippen molar-refractivity contribution in [1.29, 1.82) is 5.26 Å². The monoisotopic (exact) mass is 127 g/mol. The van der Waals surface area contributed by atoms with Crippen molar-refractivity contribution in [3.8, 4) is 6.07 Å². The molecule has 9 heavy (non-hydrogen) atoms. The van der Waals surface area contributed by atoms with Crippen molar-refractivity contribution in [1.82, 2.24) is 0 Å². The van der Waals surface area contributed by atoms with Crippen LogP contribution < -0.4 is 5.84 Å². The Morgan fingerprint density at radius 3 is 2.89 bits per heavy atom. The number of nitrogens with zero attached hydrogens (tertiary/aromatic N) is 2. The Hall–Kier alpha value is -1.24. The summed E-state index contributed by atoms with van der Waals surface area (Å²) >= 11 is 0. The van der Waals surface area contributed by atoms with Crippen LogP contribution in [0.5, 0.6) is 0 Å². The molecule has 0 amide bonds. The van der Waals surface area contributed by atoms with E-state index >= 15 is 0 Å². The molecular weight excluding hydrogens is 118 g/mol. The topological polar surface area (TPSA) is 71.4 Å². The normalized spacial score (nSPS) is 10.4. The van der Waals surface area contributed by atoms with E-state index in [0.717, 1.165) is 0 Å². The largest absolute Gasteiger partial charge is 0.479 e. The van der Waals surface area contributed by atoms with E-state index in [1.54, 1.807) is 0 Å². The van der Waals surface area contributed by atoms with Crippen LogP contribution >= 0.6 is 0 Å². The molecule has 0 radical (unpaired) electrons. The fraction of sp³-hybridized carbons (Fsp3) is 0.600. The lowest BCUT2D eigenvalue weighted by atomic mass is 10.5. The van der Waals surface area contributed by atoms with Crippen molar-refractivity contribution in [2.45, 2.75) is 13.3 Å². The number of hydrazone groups is 1. The first-order valence-electron chi connectivity index (χ1n) is 2.61. The smallest absolute Gasteiger partial charge is 0.219 e. The second-order valence-corrected chi connectivity index (χ2v) is 1.29. The molecule has 0 heterocycles. The van der Waals surface area contributed by atoms with Gasteiger partial charge in [0, 0.05) is 0 Å². The molecule has 0 saturated heterocycles. The maximum absolute atomic E-state index is 8.13. The minimum Gasteiger partial charge on any atom is -0.479 e. The van der Waals surface area contributed by atoms with Gasteiger partial charge in [0.1, 0.15) is 6.42 Å². The van der Waals surface area contributed by atoms with Gasteiger partial charge in [-0.2, -0.15) is 5.26 Å². The first kappa shape index (κ1) is 7.76. The summed E-state index contributed by atoms with van der Waals surface area (Å²) in [6, 6.07) is 1.87. The van der Waals surface area contributed by atoms with Crippen molar-refractivity contribution in [3.05, 3.63) is 0 Å². The molecule has 0 spiro atoms. The molecular formula is C5H9N3O. The zero-order chi connectivity index (χ0) is 7.11. The molecule has 0 aromatic carbocycles. The van der Waals surface area contributed by atoms with E-state index in [1.165, 1.54) is 0 Å². The van der Waals surface area contributed by atoms with Gasteiger partial charge in [0.15, 0.2) is 0 Å². The Balaban J connectivity index is 3.59. The Bertz CT molecular complexity index is 136. The van der Waals surface area contributed by atoms with Crippen LogP contribution in [0.15, 0.2) is 5.10 Å². The fourth-order valence-electron chi connectivity index (χ4n) is 0.368. The van der Waals surface area contributed by atoms with E-state index in [1.807, 2.05) is 13.0 Å². The van der Waals surface area contributed by atoms with Gasteiger partial charge >= 0.3 is 0 Å². The number of hydrogen-bond acceptors (Lipinski definition) is 4. The molecule has 0 bridgehead atoms. The van der Waals surface area contributed by atoms with Gasteiger partial charge in [-0.05, 0) is 6.92 Å². The van der Waals surface area contributed by atoms with Crippen LogP contribution in [0.1, 0.15) is 13.3 Å². The standard InChI is InChI=1S/C5H9N3O/c1-2-9-5(8-7)3-4-6/h2-3,7H2,1H3. The molecule has 0 fully saturated rings. The highest BCUT2D eigenvalue weighted by Gasteiger charge is 1.94. The fourth-order valence-corrected chi connectivity index (χ4v) is 0.368. The summed E-state index contributed by atoms with van der Waals surface area (Å²) < 4.78 is 4.83. The lowest BCUT2D eigenvalue weighted by Crippen LogP contribution is -2.05. The van der Waals surface area contributed by atoms with Gasteiger partial charge in [0.25, 0.3) is 0 Å². The third-order valence-corrected chi connectivity index (χ3v) is 0.685. The number of ether oxygens (including phenoxy) is 1. The van der Waals surface area contributed by atoms with E-state index in [2.05, 4.69) is 5.10 Å². The molecule has 4 nitrogen and oxygen atoms in total. The zero-order valence-corrected chi connectivity index (χ0v) is 5.29. The molecule has 0 aromatic rings. The maximum Gasteiger partial charge on any atom is 0.219 e. The number of nitriles is 1. The minimum absolute atomic E-state index is 0.143. The SMILES string of the molecule is CCOC(CC#N)=NN. The van der Waals surface area contributed by atoms with Crippen LogP contribution in [-0.4, -0.2) is 12.5 Å². The molecule has 4 heteroatoms. The van der Waals surface area contributed by atoms with Gasteiger partial charge < -0.3 is 10.6 Å². The number of nitrogens with two attached hydrogens (primary N) is 1. The molecule has 50 valence electrons. The van der Waals surface area contributed by atoms with Crippen molar-refractivity contribution in [3.63, 3.8) is 0 Å². The average Bonchev–Trinajstić information content (AvgIpc) is 1.88. The van der Waals surface area contributed by atoms with E-state index in [9.17, 15) is 0 Å². The van der Waals surface area contributed by atoms with Crippen LogP contribution in [0.3, 0.4) is 0 Å². The summed E-state index contributed by atoms with van der Waals surface area (Å²) in [4.78, 5) is 0. The van der Waals surface area contributed by atoms with Crippen LogP contribution in [0.4, 0.5) is 0 Å². The first-order chi connectivity index (χ1) is 4.35. The van der Waals surface area contributed by atoms with Crippen LogP contribution in [-0.2, 0) is 4.74 Å². The van der Waals surface area contributed by atoms with Gasteiger partial charge in [0.05, 0.1) is 12.7 Å². The number of rotatable bonds is 2. The van der Waals surface area contributed by atoms with Crippen molar-refractivity contribution < 1.29 is 4.74 Å². The van der Waals surface area contributed by atoms with Crippen LogP contribution in [0, 0.1) is 11.3 Å². The molecule has 2 N–H and O–H groups in total. The first-order valence-corrected chi connectivity index (χ1v) is 2.61. The van der Waals surface area contributed by atoms with E-state index < -0.39 is 0 Å². The molecule has 0 unspecified atom stereocenters. The second kappa shape index (κ2) is 4.91. The summed E-state index contributed by atoms with van der Waals surface area (Å²) in [6.07, 6.45) is 0.143. The Morgan fingerprint density at radius 2 is 2.56 bits per heavy atom. The third-order valence-electron chi connectivity index (χ3n) is 0.685. The lowest BCUT2D eigenvalue weighted by molar-refractivity contribution is 0.319. The summed E-state index contributed by atoms with van der Waals surface area (Å²) in [6.45, 7) is 2.31. The highest BCUT2D eigenvalue weighted by molar-refractivity contribution is 5.77. The van der Waals surface area contributed by atoms with E-state index in [-0.39, 0.29) is 6.42 Å². The molecule has 0 rings (SSSR count). The maximum atomic E-state index is 8.13. The molecule has 0 atom stereocenters. The summed E-state index contributed by atoms with van der Waals surface area (Å²) in [7, 11) is 0. The molecule has 0 aliphatic heterocycles. The molecule has 0 saturated carbocycles. The summed E-state index contributed by atoms with van der Waals surface area (Å²) in [5, 5.41) is 11.4. The minimum atomic E-state index is 0.143. The van der Waals surface area contributed by atoms with Gasteiger partial charge in [-0.25, -0.2) is 0 Å². The zero-order valence-electron chi connectivity index (χ0n) is 5.29. The Labute approximate surface area is 53.9 Å². The van der Waals surface area contributed by atoms with E-state index in [4.69, 9.17) is 15.8 Å². The Kier molecular flexibility index (Phi) is 4.23. The lowest BCUT2D eigenvalue weighted by Gasteiger charge is -1.98. The van der Waals surface area contributed by atoms with E-state index in [0.29, 0.717) is 12.5 Å². The predicted octanol–water partition coefficient (Wildman–Crippen LogP) is 0.209. The predicted molar refractivity (Wildman–Crippen MR) is 33.5 cm³/mol.